The van der Waals surface area contributed by atoms with Crippen LogP contribution in [-0.2, 0) is 11.3 Å². The minimum Gasteiger partial charge on any atom is -0.347 e. The summed E-state index contributed by atoms with van der Waals surface area (Å²) < 4.78 is 1.41. The number of hydrogen-bond acceptors (Lipinski definition) is 5. The van der Waals surface area contributed by atoms with Crippen molar-refractivity contribution in [2.45, 2.75) is 32.9 Å². The summed E-state index contributed by atoms with van der Waals surface area (Å²) in [5.41, 5.74) is 0. The van der Waals surface area contributed by atoms with Crippen molar-refractivity contribution >= 4 is 17.2 Å². The van der Waals surface area contributed by atoms with E-state index in [9.17, 15) is 4.79 Å². The van der Waals surface area contributed by atoms with E-state index >= 15 is 0 Å². The van der Waals surface area contributed by atoms with Gasteiger partial charge in [-0.2, -0.15) is 0 Å². The Labute approximate surface area is 115 Å². The second kappa shape index (κ2) is 6.42. The van der Waals surface area contributed by atoms with E-state index in [4.69, 9.17) is 0 Å². The van der Waals surface area contributed by atoms with E-state index in [0.717, 1.165) is 6.42 Å². The van der Waals surface area contributed by atoms with Gasteiger partial charge >= 0.3 is 0 Å². The lowest BCUT2D eigenvalue weighted by Crippen LogP contribution is -2.32. The molecule has 1 N–H and O–H groups in total. The fraction of sp³-hybridized carbons (Fsp3) is 0.500. The number of rotatable bonds is 6. The number of thiophene rings is 1. The number of tetrazole rings is 1. The maximum absolute atomic E-state index is 12.0. The molecule has 2 rings (SSSR count). The lowest BCUT2D eigenvalue weighted by Gasteiger charge is -2.19. The second-order valence-corrected chi connectivity index (χ2v) is 5.75. The molecule has 0 saturated carbocycles. The van der Waals surface area contributed by atoms with Crippen LogP contribution in [0.25, 0.3) is 0 Å². The Morgan fingerprint density at radius 3 is 2.95 bits per heavy atom. The molecule has 0 radical (unpaired) electrons. The van der Waals surface area contributed by atoms with Gasteiger partial charge in [-0.25, -0.2) is 4.68 Å². The van der Waals surface area contributed by atoms with E-state index in [0.29, 0.717) is 5.92 Å². The summed E-state index contributed by atoms with van der Waals surface area (Å²) in [6, 6.07) is 4.11. The molecule has 0 aromatic carbocycles. The summed E-state index contributed by atoms with van der Waals surface area (Å²) >= 11 is 1.66. The first-order valence-electron chi connectivity index (χ1n) is 6.18. The summed E-state index contributed by atoms with van der Waals surface area (Å²) in [5, 5.41) is 15.8. The van der Waals surface area contributed by atoms with E-state index in [2.05, 4.69) is 40.8 Å². The van der Waals surface area contributed by atoms with Crippen LogP contribution in [0.15, 0.2) is 23.8 Å². The zero-order chi connectivity index (χ0) is 13.7. The molecule has 0 aliphatic carbocycles. The van der Waals surface area contributed by atoms with Gasteiger partial charge in [0.15, 0.2) is 0 Å². The molecular formula is C12H17N5OS. The molecule has 1 unspecified atom stereocenters. The van der Waals surface area contributed by atoms with Crippen molar-refractivity contribution in [3.63, 3.8) is 0 Å². The molecule has 7 heteroatoms. The van der Waals surface area contributed by atoms with Gasteiger partial charge in [-0.1, -0.05) is 19.9 Å². The van der Waals surface area contributed by atoms with E-state index in [1.54, 1.807) is 11.3 Å². The van der Waals surface area contributed by atoms with Gasteiger partial charge in [0.2, 0.25) is 5.91 Å². The van der Waals surface area contributed by atoms with Crippen molar-refractivity contribution in [3.8, 4) is 0 Å². The number of nitrogens with zero attached hydrogens (tertiary/aromatic N) is 4. The SMILES string of the molecule is CC(C)CC(NC(=O)Cn1cnnn1)c1cccs1. The molecule has 0 spiro atoms. The third kappa shape index (κ3) is 4.13. The van der Waals surface area contributed by atoms with Gasteiger partial charge in [-0.3, -0.25) is 4.79 Å². The number of hydrogen-bond donors (Lipinski definition) is 1. The third-order valence-electron chi connectivity index (χ3n) is 2.63. The van der Waals surface area contributed by atoms with Crippen LogP contribution in [0, 0.1) is 5.92 Å². The molecule has 1 amide bonds. The highest BCUT2D eigenvalue weighted by Gasteiger charge is 2.17. The smallest absolute Gasteiger partial charge is 0.242 e. The Morgan fingerprint density at radius 1 is 1.53 bits per heavy atom. The van der Waals surface area contributed by atoms with Crippen LogP contribution in [0.1, 0.15) is 31.2 Å². The molecule has 2 aromatic rings. The third-order valence-corrected chi connectivity index (χ3v) is 3.61. The van der Waals surface area contributed by atoms with Crippen molar-refractivity contribution in [2.75, 3.05) is 0 Å². The van der Waals surface area contributed by atoms with E-state index in [-0.39, 0.29) is 18.5 Å². The molecule has 0 saturated heterocycles. The van der Waals surface area contributed by atoms with Gasteiger partial charge in [0.05, 0.1) is 6.04 Å². The van der Waals surface area contributed by atoms with Crippen LogP contribution in [-0.4, -0.2) is 26.1 Å². The Morgan fingerprint density at radius 2 is 2.37 bits per heavy atom. The predicted octanol–water partition coefficient (Wildman–Crippen LogP) is 1.64. The molecule has 2 heterocycles. The molecule has 2 aromatic heterocycles. The highest BCUT2D eigenvalue weighted by atomic mass is 32.1. The lowest BCUT2D eigenvalue weighted by atomic mass is 10.0. The number of aromatic nitrogens is 4. The number of amides is 1. The number of carbonyl (C=O) groups is 1. The van der Waals surface area contributed by atoms with Gasteiger partial charge in [0, 0.05) is 4.88 Å². The van der Waals surface area contributed by atoms with Gasteiger partial charge in [0.1, 0.15) is 12.9 Å². The van der Waals surface area contributed by atoms with Crippen LogP contribution in [0.4, 0.5) is 0 Å². The standard InChI is InChI=1S/C12H17N5OS/c1-9(2)6-10(11-4-3-5-19-11)14-12(18)7-17-8-13-15-16-17/h3-5,8-10H,6-7H2,1-2H3,(H,14,18). The van der Waals surface area contributed by atoms with Crippen molar-refractivity contribution in [1.82, 2.24) is 25.5 Å². The van der Waals surface area contributed by atoms with Crippen LogP contribution in [0.2, 0.25) is 0 Å². The van der Waals surface area contributed by atoms with E-state index < -0.39 is 0 Å². The minimum absolute atomic E-state index is 0.0592. The van der Waals surface area contributed by atoms with Crippen LogP contribution < -0.4 is 5.32 Å². The molecule has 0 aliphatic heterocycles. The average molecular weight is 279 g/mol. The normalized spacial score (nSPS) is 12.6. The summed E-state index contributed by atoms with van der Waals surface area (Å²) in [5.74, 6) is 0.437. The quantitative estimate of drug-likeness (QED) is 0.872. The summed E-state index contributed by atoms with van der Waals surface area (Å²) in [6.07, 6.45) is 2.35. The van der Waals surface area contributed by atoms with Crippen LogP contribution in [0.3, 0.4) is 0 Å². The van der Waals surface area contributed by atoms with Gasteiger partial charge in [-0.05, 0) is 34.2 Å². The average Bonchev–Trinajstić information content (AvgIpc) is 2.99. The maximum atomic E-state index is 12.0. The molecule has 0 fully saturated rings. The summed E-state index contributed by atoms with van der Waals surface area (Å²) in [7, 11) is 0. The zero-order valence-corrected chi connectivity index (χ0v) is 11.8. The molecule has 6 nitrogen and oxygen atoms in total. The fourth-order valence-corrected chi connectivity index (χ4v) is 2.64. The Bertz CT molecular complexity index is 494. The number of carbonyl (C=O) groups excluding carboxylic acids is 1. The Kier molecular flexibility index (Phi) is 4.62. The van der Waals surface area contributed by atoms with Crippen molar-refractivity contribution in [1.29, 1.82) is 0 Å². The largest absolute Gasteiger partial charge is 0.347 e. The molecule has 0 bridgehead atoms. The second-order valence-electron chi connectivity index (χ2n) is 4.77. The van der Waals surface area contributed by atoms with Crippen molar-refractivity contribution in [3.05, 3.63) is 28.7 Å². The van der Waals surface area contributed by atoms with E-state index in [1.165, 1.54) is 15.9 Å². The molecular weight excluding hydrogens is 262 g/mol. The highest BCUT2D eigenvalue weighted by Crippen LogP contribution is 2.25. The lowest BCUT2D eigenvalue weighted by molar-refractivity contribution is -0.122. The van der Waals surface area contributed by atoms with Crippen molar-refractivity contribution < 1.29 is 4.79 Å². The zero-order valence-electron chi connectivity index (χ0n) is 11.0. The first kappa shape index (κ1) is 13.7. The molecule has 102 valence electrons. The predicted molar refractivity (Wildman–Crippen MR) is 72.5 cm³/mol. The summed E-state index contributed by atoms with van der Waals surface area (Å²) in [4.78, 5) is 13.2. The molecule has 19 heavy (non-hydrogen) atoms. The Hall–Kier alpha value is -1.76. The van der Waals surface area contributed by atoms with Crippen LogP contribution >= 0.6 is 11.3 Å². The van der Waals surface area contributed by atoms with E-state index in [1.807, 2.05) is 11.4 Å². The minimum atomic E-state index is -0.0775. The summed E-state index contributed by atoms with van der Waals surface area (Å²) in [6.45, 7) is 4.44. The Balaban J connectivity index is 1.97. The number of nitrogens with one attached hydrogen (secondary N) is 1. The highest BCUT2D eigenvalue weighted by molar-refractivity contribution is 7.10. The first-order valence-corrected chi connectivity index (χ1v) is 7.06. The molecule has 0 aliphatic rings. The van der Waals surface area contributed by atoms with Crippen molar-refractivity contribution in [2.24, 2.45) is 5.92 Å². The molecule has 1 atom stereocenters. The van der Waals surface area contributed by atoms with Gasteiger partial charge in [0.25, 0.3) is 0 Å². The first-order chi connectivity index (χ1) is 9.15. The van der Waals surface area contributed by atoms with Crippen LogP contribution in [0.5, 0.6) is 0 Å². The monoisotopic (exact) mass is 279 g/mol. The topological polar surface area (TPSA) is 72.7 Å². The maximum Gasteiger partial charge on any atom is 0.242 e. The fourth-order valence-electron chi connectivity index (χ4n) is 1.85. The van der Waals surface area contributed by atoms with Gasteiger partial charge in [-0.15, -0.1) is 16.4 Å². The van der Waals surface area contributed by atoms with Gasteiger partial charge < -0.3 is 5.32 Å².